The van der Waals surface area contributed by atoms with Crippen LogP contribution >= 0.6 is 11.6 Å². The molecule has 0 saturated carbocycles. The molecule has 2 rings (SSSR count). The van der Waals surface area contributed by atoms with E-state index in [2.05, 4.69) is 28.7 Å². The number of anilines is 2. The number of aromatic nitrogens is 2. The Morgan fingerprint density at radius 3 is 2.74 bits per heavy atom. The number of hydrogen-bond acceptors (Lipinski definition) is 5. The second-order valence-electron chi connectivity index (χ2n) is 5.31. The van der Waals surface area contributed by atoms with E-state index in [0.717, 1.165) is 38.4 Å². The summed E-state index contributed by atoms with van der Waals surface area (Å²) in [5, 5.41) is 0.448. The van der Waals surface area contributed by atoms with Gasteiger partial charge in [0.25, 0.3) is 0 Å². The summed E-state index contributed by atoms with van der Waals surface area (Å²) in [6, 6.07) is 0. The maximum absolute atomic E-state index is 6.14. The van der Waals surface area contributed by atoms with Crippen LogP contribution in [0.5, 0.6) is 0 Å². The Labute approximate surface area is 119 Å². The third-order valence-corrected chi connectivity index (χ3v) is 3.57. The van der Waals surface area contributed by atoms with Crippen LogP contribution in [0.15, 0.2) is 6.33 Å². The molecule has 0 aliphatic carbocycles. The third kappa shape index (κ3) is 3.70. The van der Waals surface area contributed by atoms with Crippen molar-refractivity contribution in [1.82, 2.24) is 9.97 Å². The van der Waals surface area contributed by atoms with Crippen LogP contribution in [0.1, 0.15) is 26.7 Å². The normalized spacial score (nSPS) is 17.2. The molecule has 0 aromatic carbocycles. The highest BCUT2D eigenvalue weighted by Gasteiger charge is 2.23. The van der Waals surface area contributed by atoms with Crippen LogP contribution in [0.25, 0.3) is 0 Å². The highest BCUT2D eigenvalue weighted by molar-refractivity contribution is 6.35. The van der Waals surface area contributed by atoms with E-state index < -0.39 is 0 Å². The topological polar surface area (TPSA) is 64.3 Å². The minimum Gasteiger partial charge on any atom is -0.382 e. The van der Waals surface area contributed by atoms with Gasteiger partial charge in [-0.2, -0.15) is 0 Å². The van der Waals surface area contributed by atoms with Crippen molar-refractivity contribution in [1.29, 1.82) is 0 Å². The van der Waals surface area contributed by atoms with Crippen LogP contribution < -0.4 is 10.6 Å². The molecule has 2 heterocycles. The van der Waals surface area contributed by atoms with Crippen molar-refractivity contribution >= 4 is 23.2 Å². The molecule has 19 heavy (non-hydrogen) atoms. The first kappa shape index (κ1) is 14.3. The quantitative estimate of drug-likeness (QED) is 0.919. The first-order valence-corrected chi connectivity index (χ1v) is 7.08. The van der Waals surface area contributed by atoms with Crippen molar-refractivity contribution < 1.29 is 4.74 Å². The number of halogens is 1. The summed E-state index contributed by atoms with van der Waals surface area (Å²) in [4.78, 5) is 10.3. The van der Waals surface area contributed by atoms with E-state index in [1.807, 2.05) is 0 Å². The van der Waals surface area contributed by atoms with Gasteiger partial charge in [0, 0.05) is 19.7 Å². The Morgan fingerprint density at radius 1 is 1.42 bits per heavy atom. The largest absolute Gasteiger partial charge is 0.382 e. The van der Waals surface area contributed by atoms with Crippen molar-refractivity contribution in [2.24, 2.45) is 5.92 Å². The average Bonchev–Trinajstić information content (AvgIpc) is 2.40. The van der Waals surface area contributed by atoms with E-state index in [4.69, 9.17) is 22.1 Å². The monoisotopic (exact) mass is 284 g/mol. The van der Waals surface area contributed by atoms with E-state index in [1.165, 1.54) is 6.33 Å². The molecule has 1 saturated heterocycles. The second-order valence-corrected chi connectivity index (χ2v) is 5.69. The lowest BCUT2D eigenvalue weighted by atomic mass is 10.1. The Hall–Kier alpha value is -1.07. The summed E-state index contributed by atoms with van der Waals surface area (Å²) < 4.78 is 5.87. The van der Waals surface area contributed by atoms with Gasteiger partial charge in [-0.1, -0.05) is 25.4 Å². The van der Waals surface area contributed by atoms with Crippen LogP contribution in [0.3, 0.4) is 0 Å². The molecule has 1 fully saturated rings. The average molecular weight is 285 g/mol. The summed E-state index contributed by atoms with van der Waals surface area (Å²) in [6.07, 6.45) is 3.79. The van der Waals surface area contributed by atoms with Gasteiger partial charge in [-0.25, -0.2) is 9.97 Å². The smallest absolute Gasteiger partial charge is 0.153 e. The van der Waals surface area contributed by atoms with Crippen molar-refractivity contribution in [3.05, 3.63) is 11.3 Å². The molecule has 2 N–H and O–H groups in total. The Balaban J connectivity index is 1.91. The lowest BCUT2D eigenvalue weighted by Gasteiger charge is -2.33. The molecule has 1 aliphatic rings. The third-order valence-electron chi connectivity index (χ3n) is 3.20. The van der Waals surface area contributed by atoms with Gasteiger partial charge in [-0.15, -0.1) is 0 Å². The molecule has 106 valence electrons. The molecule has 1 aromatic rings. The van der Waals surface area contributed by atoms with Gasteiger partial charge in [0.05, 0.1) is 6.10 Å². The van der Waals surface area contributed by atoms with E-state index in [1.54, 1.807) is 0 Å². The molecule has 0 amide bonds. The van der Waals surface area contributed by atoms with Gasteiger partial charge in [-0.3, -0.25) is 0 Å². The fourth-order valence-corrected chi connectivity index (χ4v) is 2.37. The molecule has 5 nitrogen and oxygen atoms in total. The molecule has 1 aliphatic heterocycles. The molecule has 1 aromatic heterocycles. The number of nitrogen functional groups attached to an aromatic ring is 1. The number of rotatable bonds is 4. The lowest BCUT2D eigenvalue weighted by Crippen LogP contribution is -2.38. The number of piperidine rings is 1. The molecule has 0 unspecified atom stereocenters. The maximum Gasteiger partial charge on any atom is 0.153 e. The minimum atomic E-state index is 0.338. The van der Waals surface area contributed by atoms with E-state index in [0.29, 0.717) is 22.9 Å². The van der Waals surface area contributed by atoms with Gasteiger partial charge < -0.3 is 15.4 Å². The summed E-state index contributed by atoms with van der Waals surface area (Å²) in [5.74, 6) is 1.65. The Morgan fingerprint density at radius 2 is 2.11 bits per heavy atom. The van der Waals surface area contributed by atoms with Gasteiger partial charge in [0.15, 0.2) is 5.82 Å². The molecule has 0 atom stereocenters. The predicted octanol–water partition coefficient (Wildman–Crippen LogP) is 2.35. The van der Waals surface area contributed by atoms with Crippen LogP contribution in [-0.4, -0.2) is 35.8 Å². The first-order chi connectivity index (χ1) is 9.08. The minimum absolute atomic E-state index is 0.338. The molecule has 0 radical (unpaired) electrons. The van der Waals surface area contributed by atoms with Gasteiger partial charge >= 0.3 is 0 Å². The van der Waals surface area contributed by atoms with E-state index in [9.17, 15) is 0 Å². The molecule has 0 bridgehead atoms. The van der Waals surface area contributed by atoms with Crippen molar-refractivity contribution in [3.8, 4) is 0 Å². The zero-order chi connectivity index (χ0) is 13.8. The SMILES string of the molecule is CC(C)COC1CCN(c2ncnc(N)c2Cl)CC1. The predicted molar refractivity (Wildman–Crippen MR) is 77.5 cm³/mol. The summed E-state index contributed by atoms with van der Waals surface area (Å²) in [5.41, 5.74) is 5.70. The van der Waals surface area contributed by atoms with Crippen LogP contribution in [-0.2, 0) is 4.74 Å². The number of nitrogens with two attached hydrogens (primary N) is 1. The summed E-state index contributed by atoms with van der Waals surface area (Å²) >= 11 is 6.14. The second kappa shape index (κ2) is 6.39. The lowest BCUT2D eigenvalue weighted by molar-refractivity contribution is 0.0214. The van der Waals surface area contributed by atoms with Crippen molar-refractivity contribution in [3.63, 3.8) is 0 Å². The maximum atomic E-state index is 6.14. The molecular formula is C13H21ClN4O. The van der Waals surface area contributed by atoms with Crippen molar-refractivity contribution in [2.75, 3.05) is 30.3 Å². The van der Waals surface area contributed by atoms with Gasteiger partial charge in [0.1, 0.15) is 17.2 Å². The van der Waals surface area contributed by atoms with E-state index in [-0.39, 0.29) is 0 Å². The first-order valence-electron chi connectivity index (χ1n) is 6.70. The van der Waals surface area contributed by atoms with Crippen molar-refractivity contribution in [2.45, 2.75) is 32.8 Å². The fraction of sp³-hybridized carbons (Fsp3) is 0.692. The van der Waals surface area contributed by atoms with Gasteiger partial charge in [0.2, 0.25) is 0 Å². The zero-order valence-corrected chi connectivity index (χ0v) is 12.2. The Bertz CT molecular complexity index is 419. The Kier molecular flexibility index (Phi) is 4.82. The van der Waals surface area contributed by atoms with Crippen LogP contribution in [0, 0.1) is 5.92 Å². The number of ether oxygens (including phenoxy) is 1. The molecule has 6 heteroatoms. The molecule has 0 spiro atoms. The zero-order valence-electron chi connectivity index (χ0n) is 11.5. The standard InChI is InChI=1S/C13H21ClN4O/c1-9(2)7-19-10-3-5-18(6-4-10)13-11(14)12(15)16-8-17-13/h8-10H,3-7H2,1-2H3,(H2,15,16,17). The number of nitrogens with zero attached hydrogens (tertiary/aromatic N) is 3. The van der Waals surface area contributed by atoms with Crippen LogP contribution in [0.2, 0.25) is 5.02 Å². The fourth-order valence-electron chi connectivity index (χ4n) is 2.16. The highest BCUT2D eigenvalue weighted by atomic mass is 35.5. The van der Waals surface area contributed by atoms with Gasteiger partial charge in [-0.05, 0) is 18.8 Å². The summed E-state index contributed by atoms with van der Waals surface area (Å²) in [7, 11) is 0. The summed E-state index contributed by atoms with van der Waals surface area (Å²) in [6.45, 7) is 6.93. The highest BCUT2D eigenvalue weighted by Crippen LogP contribution is 2.29. The van der Waals surface area contributed by atoms with Crippen LogP contribution in [0.4, 0.5) is 11.6 Å². The number of hydrogen-bond donors (Lipinski definition) is 1. The van der Waals surface area contributed by atoms with E-state index >= 15 is 0 Å². The molecular weight excluding hydrogens is 264 g/mol.